The van der Waals surface area contributed by atoms with E-state index in [1.165, 1.54) is 0 Å². The lowest BCUT2D eigenvalue weighted by atomic mass is 10.2. The molecule has 0 aliphatic rings. The SMILES string of the molecule is N#CC(N)C(CN)=NC(=N)CO. The molecule has 0 heterocycles. The Morgan fingerprint density at radius 3 is 2.67 bits per heavy atom. The van der Waals surface area contributed by atoms with E-state index in [4.69, 9.17) is 27.2 Å². The lowest BCUT2D eigenvalue weighted by molar-refractivity contribution is 0.355. The van der Waals surface area contributed by atoms with Gasteiger partial charge >= 0.3 is 0 Å². The number of nitrogens with zero attached hydrogens (tertiary/aromatic N) is 2. The third kappa shape index (κ3) is 3.21. The fraction of sp³-hybridized carbons (Fsp3) is 0.500. The Kier molecular flexibility index (Phi) is 4.79. The van der Waals surface area contributed by atoms with E-state index in [1.807, 2.05) is 0 Å². The predicted molar refractivity (Wildman–Crippen MR) is 44.9 cm³/mol. The first kappa shape index (κ1) is 10.7. The van der Waals surface area contributed by atoms with Crippen LogP contribution in [-0.4, -0.2) is 35.8 Å². The number of rotatable bonds is 3. The van der Waals surface area contributed by atoms with E-state index in [0.29, 0.717) is 0 Å². The van der Waals surface area contributed by atoms with Gasteiger partial charge in [-0.3, -0.25) is 5.41 Å². The van der Waals surface area contributed by atoms with Crippen LogP contribution in [-0.2, 0) is 0 Å². The molecule has 66 valence electrons. The molecule has 0 radical (unpaired) electrons. The third-order valence-electron chi connectivity index (χ3n) is 1.14. The molecule has 0 saturated heterocycles. The van der Waals surface area contributed by atoms with E-state index in [-0.39, 0.29) is 18.1 Å². The maximum absolute atomic E-state index is 8.44. The van der Waals surface area contributed by atoms with Crippen molar-refractivity contribution in [3.63, 3.8) is 0 Å². The molecule has 0 aromatic heterocycles. The summed E-state index contributed by atoms with van der Waals surface area (Å²) in [5, 5.41) is 23.8. The van der Waals surface area contributed by atoms with Crippen LogP contribution in [0.1, 0.15) is 0 Å². The summed E-state index contributed by atoms with van der Waals surface area (Å²) in [7, 11) is 0. The third-order valence-corrected chi connectivity index (χ3v) is 1.14. The molecule has 0 aromatic rings. The largest absolute Gasteiger partial charge is 0.388 e. The smallest absolute Gasteiger partial charge is 0.146 e. The summed E-state index contributed by atoms with van der Waals surface area (Å²) < 4.78 is 0. The summed E-state index contributed by atoms with van der Waals surface area (Å²) in [5.74, 6) is -0.249. The highest BCUT2D eigenvalue weighted by atomic mass is 16.3. The normalized spacial score (nSPS) is 13.7. The zero-order valence-corrected chi connectivity index (χ0v) is 6.49. The maximum atomic E-state index is 8.44. The minimum absolute atomic E-state index is 0.0110. The second-order valence-corrected chi connectivity index (χ2v) is 2.02. The number of nitrogens with two attached hydrogens (primary N) is 2. The zero-order chi connectivity index (χ0) is 9.56. The number of amidine groups is 1. The number of hydrogen-bond donors (Lipinski definition) is 4. The fourth-order valence-electron chi connectivity index (χ4n) is 0.525. The Labute approximate surface area is 70.0 Å². The van der Waals surface area contributed by atoms with E-state index in [2.05, 4.69) is 4.99 Å². The number of nitrogens with one attached hydrogen (secondary N) is 1. The van der Waals surface area contributed by atoms with Crippen LogP contribution < -0.4 is 11.5 Å². The molecule has 0 saturated carbocycles. The summed E-state index contributed by atoms with van der Waals surface area (Å²) in [6.07, 6.45) is 0. The van der Waals surface area contributed by atoms with Gasteiger partial charge in [-0.15, -0.1) is 0 Å². The molecular formula is C6H11N5O. The molecule has 12 heavy (non-hydrogen) atoms. The summed E-state index contributed by atoms with van der Waals surface area (Å²) in [5.41, 5.74) is 10.7. The first-order valence-corrected chi connectivity index (χ1v) is 3.26. The van der Waals surface area contributed by atoms with E-state index >= 15 is 0 Å². The summed E-state index contributed by atoms with van der Waals surface area (Å²) >= 11 is 0. The molecule has 0 aliphatic heterocycles. The minimum atomic E-state index is -0.901. The van der Waals surface area contributed by atoms with E-state index in [1.54, 1.807) is 6.07 Å². The fourth-order valence-corrected chi connectivity index (χ4v) is 0.525. The van der Waals surface area contributed by atoms with Crippen molar-refractivity contribution in [2.24, 2.45) is 16.5 Å². The van der Waals surface area contributed by atoms with Crippen molar-refractivity contribution in [1.29, 1.82) is 10.7 Å². The van der Waals surface area contributed by atoms with Crippen LogP contribution in [0.25, 0.3) is 0 Å². The van der Waals surface area contributed by atoms with Gasteiger partial charge in [0.05, 0.1) is 11.8 Å². The van der Waals surface area contributed by atoms with Gasteiger partial charge in [-0.1, -0.05) is 0 Å². The van der Waals surface area contributed by atoms with Crippen molar-refractivity contribution >= 4 is 11.5 Å². The highest BCUT2D eigenvalue weighted by Crippen LogP contribution is 1.85. The molecule has 6 heteroatoms. The van der Waals surface area contributed by atoms with Gasteiger partial charge in [0.25, 0.3) is 0 Å². The Morgan fingerprint density at radius 2 is 2.33 bits per heavy atom. The molecule has 0 spiro atoms. The van der Waals surface area contributed by atoms with Crippen LogP contribution in [0.4, 0.5) is 0 Å². The maximum Gasteiger partial charge on any atom is 0.146 e. The average Bonchev–Trinajstić information content (AvgIpc) is 2.12. The molecule has 0 aliphatic carbocycles. The Bertz CT molecular complexity index is 229. The number of hydrogen-bond acceptors (Lipinski definition) is 5. The standard InChI is InChI=1S/C6H11N5O/c7-1-4(9)5(2-8)11-6(10)3-12/h4,10,12H,2-3,8-9H2. The summed E-state index contributed by atoms with van der Waals surface area (Å²) in [6.45, 7) is -0.473. The first-order chi connectivity index (χ1) is 5.65. The molecule has 1 atom stereocenters. The highest BCUT2D eigenvalue weighted by Gasteiger charge is 2.08. The quantitative estimate of drug-likeness (QED) is 0.293. The van der Waals surface area contributed by atoms with Crippen LogP contribution >= 0.6 is 0 Å². The van der Waals surface area contributed by atoms with Crippen molar-refractivity contribution in [2.45, 2.75) is 6.04 Å². The van der Waals surface area contributed by atoms with Gasteiger partial charge < -0.3 is 16.6 Å². The van der Waals surface area contributed by atoms with Crippen molar-refractivity contribution in [2.75, 3.05) is 13.2 Å². The van der Waals surface area contributed by atoms with Crippen LogP contribution in [0.15, 0.2) is 4.99 Å². The molecule has 0 amide bonds. The summed E-state index contributed by atoms with van der Waals surface area (Å²) in [4.78, 5) is 3.56. The van der Waals surface area contributed by atoms with Gasteiger partial charge in [-0.25, -0.2) is 4.99 Å². The molecule has 0 fully saturated rings. The van der Waals surface area contributed by atoms with Gasteiger partial charge in [0, 0.05) is 6.54 Å². The van der Waals surface area contributed by atoms with Crippen molar-refractivity contribution in [3.8, 4) is 6.07 Å². The molecule has 0 aromatic carbocycles. The number of nitriles is 1. The number of aliphatic hydroxyl groups excluding tert-OH is 1. The average molecular weight is 169 g/mol. The van der Waals surface area contributed by atoms with Crippen LogP contribution in [0.2, 0.25) is 0 Å². The van der Waals surface area contributed by atoms with E-state index < -0.39 is 12.6 Å². The molecule has 6 nitrogen and oxygen atoms in total. The predicted octanol–water partition coefficient (Wildman–Crippen LogP) is -1.79. The van der Waals surface area contributed by atoms with Crippen molar-refractivity contribution < 1.29 is 5.11 Å². The van der Waals surface area contributed by atoms with E-state index in [9.17, 15) is 0 Å². The summed E-state index contributed by atoms with van der Waals surface area (Å²) in [6, 6.07) is 0.833. The van der Waals surface area contributed by atoms with E-state index in [0.717, 1.165) is 0 Å². The van der Waals surface area contributed by atoms with Gasteiger partial charge in [-0.05, 0) is 0 Å². The molecule has 0 bridgehead atoms. The highest BCUT2D eigenvalue weighted by molar-refractivity contribution is 6.02. The van der Waals surface area contributed by atoms with Crippen molar-refractivity contribution in [1.82, 2.24) is 0 Å². The Hall–Kier alpha value is -1.29. The van der Waals surface area contributed by atoms with Crippen LogP contribution in [0.5, 0.6) is 0 Å². The van der Waals surface area contributed by atoms with Gasteiger partial charge in [0.15, 0.2) is 0 Å². The van der Waals surface area contributed by atoms with Gasteiger partial charge in [0.1, 0.15) is 18.5 Å². The number of aliphatic hydroxyl groups is 1. The van der Waals surface area contributed by atoms with Gasteiger partial charge in [0.2, 0.25) is 0 Å². The minimum Gasteiger partial charge on any atom is -0.388 e. The monoisotopic (exact) mass is 169 g/mol. The second kappa shape index (κ2) is 5.37. The molecule has 1 unspecified atom stereocenters. The van der Waals surface area contributed by atoms with Gasteiger partial charge in [-0.2, -0.15) is 5.26 Å². The van der Waals surface area contributed by atoms with Crippen molar-refractivity contribution in [3.05, 3.63) is 0 Å². The molecular weight excluding hydrogens is 158 g/mol. The second-order valence-electron chi connectivity index (χ2n) is 2.02. The van der Waals surface area contributed by atoms with Crippen LogP contribution in [0.3, 0.4) is 0 Å². The first-order valence-electron chi connectivity index (χ1n) is 3.26. The number of aliphatic imine (C=N–C) groups is 1. The van der Waals surface area contributed by atoms with Crippen LogP contribution in [0, 0.1) is 16.7 Å². The topological polar surface area (TPSA) is 132 Å². The lowest BCUT2D eigenvalue weighted by Gasteiger charge is -2.04. The zero-order valence-electron chi connectivity index (χ0n) is 6.49. The molecule has 6 N–H and O–H groups in total. The molecule has 0 rings (SSSR count). The Balaban J connectivity index is 4.45. The lowest BCUT2D eigenvalue weighted by Crippen LogP contribution is -2.35. The Morgan fingerprint density at radius 1 is 1.75 bits per heavy atom.